The maximum absolute atomic E-state index is 5.03. The molecule has 0 aromatic heterocycles. The molecule has 1 nitrogen and oxygen atoms in total. The molecule has 0 aliphatic carbocycles. The summed E-state index contributed by atoms with van der Waals surface area (Å²) in [6.45, 7) is 1.09. The van der Waals surface area contributed by atoms with Crippen molar-refractivity contribution in [2.75, 3.05) is 13.6 Å². The molecule has 0 saturated carbocycles. The van der Waals surface area contributed by atoms with Crippen LogP contribution in [0.2, 0.25) is 0 Å². The van der Waals surface area contributed by atoms with Crippen LogP contribution in [0.25, 0.3) is 0 Å². The number of nitrogens with zero attached hydrogens (tertiary/aromatic N) is 1. The summed E-state index contributed by atoms with van der Waals surface area (Å²) in [7, 11) is 2.02. The van der Waals surface area contributed by atoms with Gasteiger partial charge in [0.15, 0.2) is 0 Å². The molecule has 1 aliphatic rings. The van der Waals surface area contributed by atoms with E-state index in [1.54, 1.807) is 0 Å². The van der Waals surface area contributed by atoms with Crippen LogP contribution >= 0.6 is 0 Å². The second kappa shape index (κ2) is 0.990. The van der Waals surface area contributed by atoms with Gasteiger partial charge in [-0.1, -0.05) is 5.92 Å². The average molecular weight is 81.1 g/mol. The molecule has 1 unspecified atom stereocenters. The van der Waals surface area contributed by atoms with E-state index in [4.69, 9.17) is 6.42 Å². The van der Waals surface area contributed by atoms with Crippen LogP contribution in [0.15, 0.2) is 0 Å². The lowest BCUT2D eigenvalue weighted by atomic mass is 10.5. The molecule has 1 saturated heterocycles. The van der Waals surface area contributed by atoms with Crippen LogP contribution in [0, 0.1) is 12.3 Å². The zero-order valence-corrected chi connectivity index (χ0v) is 3.81. The van der Waals surface area contributed by atoms with Gasteiger partial charge >= 0.3 is 0 Å². The van der Waals surface area contributed by atoms with Crippen molar-refractivity contribution in [2.45, 2.75) is 6.04 Å². The number of hydrogen-bond acceptors (Lipinski definition) is 1. The Morgan fingerprint density at radius 3 is 2.50 bits per heavy atom. The van der Waals surface area contributed by atoms with Crippen molar-refractivity contribution in [3.8, 4) is 12.3 Å². The highest BCUT2D eigenvalue weighted by molar-refractivity contribution is 5.09. The Morgan fingerprint density at radius 2 is 2.50 bits per heavy atom. The second-order valence-corrected chi connectivity index (χ2v) is 1.62. The fourth-order valence-corrected chi connectivity index (χ4v) is 0.406. The minimum Gasteiger partial charge on any atom is -0.289 e. The molecule has 1 rings (SSSR count). The Balaban J connectivity index is 2.31. The zero-order chi connectivity index (χ0) is 4.57. The van der Waals surface area contributed by atoms with Gasteiger partial charge in [0.1, 0.15) is 0 Å². The molecule has 0 bridgehead atoms. The van der Waals surface area contributed by atoms with Gasteiger partial charge in [0, 0.05) is 6.54 Å². The summed E-state index contributed by atoms with van der Waals surface area (Å²) >= 11 is 0. The van der Waals surface area contributed by atoms with Crippen LogP contribution < -0.4 is 0 Å². The lowest BCUT2D eigenvalue weighted by molar-refractivity contribution is 0.667. The molecule has 0 amide bonds. The first kappa shape index (κ1) is 3.70. The van der Waals surface area contributed by atoms with E-state index in [1.165, 1.54) is 0 Å². The third-order valence-electron chi connectivity index (χ3n) is 1.05. The first-order chi connectivity index (χ1) is 2.84. The smallest absolute Gasteiger partial charge is 0.0839 e. The van der Waals surface area contributed by atoms with Gasteiger partial charge in [-0.15, -0.1) is 6.42 Å². The fraction of sp³-hybridized carbons (Fsp3) is 0.600. The van der Waals surface area contributed by atoms with Crippen molar-refractivity contribution >= 4 is 0 Å². The van der Waals surface area contributed by atoms with Crippen molar-refractivity contribution in [1.29, 1.82) is 0 Å². The largest absolute Gasteiger partial charge is 0.289 e. The minimum absolute atomic E-state index is 0.463. The van der Waals surface area contributed by atoms with E-state index in [-0.39, 0.29) is 0 Å². The monoisotopic (exact) mass is 81.1 g/mol. The number of terminal acetylenes is 1. The highest BCUT2D eigenvalue weighted by Crippen LogP contribution is 2.09. The van der Waals surface area contributed by atoms with Gasteiger partial charge in [-0.2, -0.15) is 0 Å². The van der Waals surface area contributed by atoms with Crippen molar-refractivity contribution in [2.24, 2.45) is 0 Å². The number of likely N-dealkylation sites (N-methyl/N-ethyl adjacent to an activating group) is 1. The van der Waals surface area contributed by atoms with Crippen molar-refractivity contribution < 1.29 is 0 Å². The summed E-state index contributed by atoms with van der Waals surface area (Å²) in [4.78, 5) is 2.11. The van der Waals surface area contributed by atoms with E-state index in [2.05, 4.69) is 10.8 Å². The maximum Gasteiger partial charge on any atom is 0.0839 e. The standard InChI is InChI=1S/C5H7N/c1-3-5-4-6(5)2/h1,5H,4H2,2H3/t5-,6?/m0/s1. The molecule has 0 spiro atoms. The van der Waals surface area contributed by atoms with E-state index in [0.717, 1.165) is 6.54 Å². The molecule has 0 radical (unpaired) electrons. The molecule has 0 aromatic rings. The Labute approximate surface area is 38.0 Å². The van der Waals surface area contributed by atoms with Gasteiger partial charge in [0.05, 0.1) is 6.04 Å². The third kappa shape index (κ3) is 0.395. The molecule has 32 valence electrons. The van der Waals surface area contributed by atoms with E-state index in [1.807, 2.05) is 7.05 Å². The van der Waals surface area contributed by atoms with Crippen molar-refractivity contribution in [3.63, 3.8) is 0 Å². The van der Waals surface area contributed by atoms with Crippen molar-refractivity contribution in [1.82, 2.24) is 4.90 Å². The molecule has 1 heteroatoms. The quantitative estimate of drug-likeness (QED) is 0.291. The first-order valence-corrected chi connectivity index (χ1v) is 2.01. The molecule has 1 heterocycles. The van der Waals surface area contributed by atoms with Gasteiger partial charge in [0.2, 0.25) is 0 Å². The predicted octanol–water partition coefficient (Wildman–Crippen LogP) is -0.0664. The van der Waals surface area contributed by atoms with E-state index in [0.29, 0.717) is 6.04 Å². The summed E-state index contributed by atoms with van der Waals surface area (Å²) < 4.78 is 0. The Morgan fingerprint density at radius 1 is 2.00 bits per heavy atom. The summed E-state index contributed by atoms with van der Waals surface area (Å²) in [6, 6.07) is 0.463. The molecule has 0 aromatic carbocycles. The maximum atomic E-state index is 5.03. The minimum atomic E-state index is 0.463. The topological polar surface area (TPSA) is 3.01 Å². The molecule has 1 fully saturated rings. The van der Waals surface area contributed by atoms with Crippen LogP contribution in [0.1, 0.15) is 0 Å². The van der Waals surface area contributed by atoms with Gasteiger partial charge < -0.3 is 0 Å². The van der Waals surface area contributed by atoms with Gasteiger partial charge in [-0.05, 0) is 7.05 Å². The van der Waals surface area contributed by atoms with Crippen LogP contribution in [-0.2, 0) is 0 Å². The molecule has 2 atom stereocenters. The van der Waals surface area contributed by atoms with E-state index >= 15 is 0 Å². The lowest BCUT2D eigenvalue weighted by Crippen LogP contribution is -1.86. The number of hydrogen-bond donors (Lipinski definition) is 0. The van der Waals surface area contributed by atoms with Crippen LogP contribution in [0.4, 0.5) is 0 Å². The lowest BCUT2D eigenvalue weighted by Gasteiger charge is -1.75. The Kier molecular flexibility index (Phi) is 0.611. The van der Waals surface area contributed by atoms with Crippen LogP contribution in [0.3, 0.4) is 0 Å². The van der Waals surface area contributed by atoms with Crippen molar-refractivity contribution in [3.05, 3.63) is 0 Å². The van der Waals surface area contributed by atoms with Gasteiger partial charge in [0.25, 0.3) is 0 Å². The average Bonchev–Trinajstić information content (AvgIpc) is 2.19. The molecular weight excluding hydrogens is 74.1 g/mol. The highest BCUT2D eigenvalue weighted by Gasteiger charge is 2.26. The van der Waals surface area contributed by atoms with E-state index < -0.39 is 0 Å². The molecule has 6 heavy (non-hydrogen) atoms. The van der Waals surface area contributed by atoms with Gasteiger partial charge in [-0.25, -0.2) is 0 Å². The molecular formula is C5H7N. The Hall–Kier alpha value is -0.480. The zero-order valence-electron chi connectivity index (χ0n) is 3.81. The fourth-order valence-electron chi connectivity index (χ4n) is 0.406. The summed E-state index contributed by atoms with van der Waals surface area (Å²) in [5, 5.41) is 0. The highest BCUT2D eigenvalue weighted by atomic mass is 15.3. The van der Waals surface area contributed by atoms with E-state index in [9.17, 15) is 0 Å². The first-order valence-electron chi connectivity index (χ1n) is 2.01. The SMILES string of the molecule is C#C[C@H]1CN1C. The summed E-state index contributed by atoms with van der Waals surface area (Å²) in [5.41, 5.74) is 0. The van der Waals surface area contributed by atoms with Crippen LogP contribution in [0.5, 0.6) is 0 Å². The summed E-state index contributed by atoms with van der Waals surface area (Å²) in [5.74, 6) is 2.61. The van der Waals surface area contributed by atoms with Crippen LogP contribution in [-0.4, -0.2) is 24.5 Å². The Bertz CT molecular complexity index is 90.6. The summed E-state index contributed by atoms with van der Waals surface area (Å²) in [6.07, 6.45) is 5.03. The third-order valence-corrected chi connectivity index (χ3v) is 1.05. The molecule has 0 N–H and O–H groups in total. The number of rotatable bonds is 0. The predicted molar refractivity (Wildman–Crippen MR) is 25.3 cm³/mol. The normalized spacial score (nSPS) is 41.3. The van der Waals surface area contributed by atoms with Gasteiger partial charge in [-0.3, -0.25) is 4.90 Å². The second-order valence-electron chi connectivity index (χ2n) is 1.62. The molecule has 1 aliphatic heterocycles.